The summed E-state index contributed by atoms with van der Waals surface area (Å²) in [5.74, 6) is 0. The summed E-state index contributed by atoms with van der Waals surface area (Å²) in [6.45, 7) is 0. The van der Waals surface area contributed by atoms with E-state index < -0.39 is 0 Å². The zero-order valence-corrected chi connectivity index (χ0v) is 33.7. The van der Waals surface area contributed by atoms with Crippen molar-refractivity contribution in [2.75, 3.05) is 0 Å². The second-order valence-corrected chi connectivity index (χ2v) is 17.9. The Hall–Kier alpha value is -6.76. The van der Waals surface area contributed by atoms with Crippen molar-refractivity contribution in [3.05, 3.63) is 202 Å². The van der Waals surface area contributed by atoms with Crippen molar-refractivity contribution in [2.45, 2.75) is 51.4 Å². The number of fused-ring (bicyclic) bond motifs is 4. The molecule has 0 heteroatoms. The maximum Gasteiger partial charge on any atom is -0.00139 e. The summed E-state index contributed by atoms with van der Waals surface area (Å²) >= 11 is 0. The quantitative estimate of drug-likeness (QED) is 0.157. The molecule has 0 N–H and O–H groups in total. The second kappa shape index (κ2) is 12.4. The molecule has 0 fully saturated rings. The molecule has 0 bridgehead atoms. The number of benzene rings is 10. The molecule has 0 unspecified atom stereocenters. The lowest BCUT2D eigenvalue weighted by Gasteiger charge is -2.30. The van der Waals surface area contributed by atoms with Crippen LogP contribution < -0.4 is 0 Å². The van der Waals surface area contributed by atoms with Gasteiger partial charge in [0.15, 0.2) is 0 Å². The van der Waals surface area contributed by atoms with Crippen molar-refractivity contribution in [1.82, 2.24) is 0 Å². The number of aryl methyl sites for hydroxylation is 8. The van der Waals surface area contributed by atoms with Crippen LogP contribution in [0.25, 0.3) is 98.7 Å². The molecule has 4 aliphatic rings. The highest BCUT2D eigenvalue weighted by atomic mass is 14.3. The minimum atomic E-state index is 1.10. The van der Waals surface area contributed by atoms with Crippen LogP contribution in [0.1, 0.15) is 44.5 Å². The van der Waals surface area contributed by atoms with Gasteiger partial charge in [-0.05, 0) is 195 Å². The molecule has 0 amide bonds. The van der Waals surface area contributed by atoms with Crippen molar-refractivity contribution in [3.63, 3.8) is 0 Å². The summed E-state index contributed by atoms with van der Waals surface area (Å²) in [6, 6.07) is 61.3. The molecular weight excluding hydrogens is 721 g/mol. The van der Waals surface area contributed by atoms with E-state index in [-0.39, 0.29) is 0 Å². The average Bonchev–Trinajstić information content (AvgIpc) is 3.31. The van der Waals surface area contributed by atoms with Gasteiger partial charge >= 0.3 is 0 Å². The molecule has 14 rings (SSSR count). The Balaban J connectivity index is 1.04. The lowest BCUT2D eigenvalue weighted by atomic mass is 9.73. The zero-order chi connectivity index (χ0) is 39.1. The van der Waals surface area contributed by atoms with E-state index >= 15 is 0 Å². The fraction of sp³-hybridized carbons (Fsp3) is 0.133. The molecule has 0 radical (unpaired) electrons. The van der Waals surface area contributed by atoms with E-state index in [9.17, 15) is 0 Å². The molecule has 60 heavy (non-hydrogen) atoms. The normalized spacial score (nSPS) is 14.5. The number of rotatable bonds is 3. The first-order valence-electron chi connectivity index (χ1n) is 22.2. The first-order chi connectivity index (χ1) is 29.8. The molecule has 0 saturated heterocycles. The van der Waals surface area contributed by atoms with E-state index in [1.807, 2.05) is 0 Å². The summed E-state index contributed by atoms with van der Waals surface area (Å²) in [7, 11) is 0. The highest BCUT2D eigenvalue weighted by Crippen LogP contribution is 2.53. The van der Waals surface area contributed by atoms with E-state index in [0.717, 1.165) is 51.4 Å². The summed E-state index contributed by atoms with van der Waals surface area (Å²) in [5.41, 5.74) is 26.5. The molecule has 0 aliphatic heterocycles. The maximum absolute atomic E-state index is 2.56. The van der Waals surface area contributed by atoms with Crippen LogP contribution in [0, 0.1) is 0 Å². The lowest BCUT2D eigenvalue weighted by Crippen LogP contribution is -2.14. The third-order valence-corrected chi connectivity index (χ3v) is 14.9. The second-order valence-electron chi connectivity index (χ2n) is 17.9. The van der Waals surface area contributed by atoms with Gasteiger partial charge in [-0.2, -0.15) is 0 Å². The van der Waals surface area contributed by atoms with Gasteiger partial charge in [0.25, 0.3) is 0 Å². The molecule has 4 aliphatic carbocycles. The molecule has 0 nitrogen and oxygen atoms in total. The van der Waals surface area contributed by atoms with E-state index in [0.29, 0.717) is 0 Å². The molecule has 0 heterocycles. The van der Waals surface area contributed by atoms with Crippen LogP contribution in [-0.2, 0) is 51.4 Å². The van der Waals surface area contributed by atoms with Crippen LogP contribution in [0.15, 0.2) is 158 Å². The average molecular weight is 763 g/mol. The van der Waals surface area contributed by atoms with Crippen LogP contribution in [0.2, 0.25) is 0 Å². The molecule has 282 valence electrons. The molecular formula is C60H42. The molecule has 10 aromatic carbocycles. The van der Waals surface area contributed by atoms with Gasteiger partial charge in [0.05, 0.1) is 0 Å². The van der Waals surface area contributed by atoms with Crippen LogP contribution in [0.4, 0.5) is 0 Å². The Morgan fingerprint density at radius 3 is 0.667 bits per heavy atom. The minimum absolute atomic E-state index is 1.10. The van der Waals surface area contributed by atoms with Crippen molar-refractivity contribution in [1.29, 1.82) is 0 Å². The van der Waals surface area contributed by atoms with Crippen molar-refractivity contribution in [2.24, 2.45) is 0 Å². The third-order valence-electron chi connectivity index (χ3n) is 14.9. The van der Waals surface area contributed by atoms with E-state index in [1.165, 1.54) is 143 Å². The summed E-state index contributed by atoms with van der Waals surface area (Å²) in [5, 5.41) is 10.6. The Morgan fingerprint density at radius 2 is 0.400 bits per heavy atom. The molecule has 0 saturated carbocycles. The summed E-state index contributed by atoms with van der Waals surface area (Å²) in [4.78, 5) is 0. The Bertz CT molecular complexity index is 3090. The standard InChI is InChI=1S/C60H42/c1-5-19-49-45(15-1)57(43-31-39-27-23-35-11-9-12-36-24-28-40(32-43)55(39)53(35)36)46-16-2-6-20-50(46)59(49)60-51-21-7-3-17-47(51)58(48-18-4-8-22-52(48)60)44-33-41-29-25-37-13-10-14-38-26-30-42(34-44)56(41)54(37)38/h1-22,31-34H,23-30H2. The Morgan fingerprint density at radius 1 is 0.183 bits per heavy atom. The van der Waals surface area contributed by atoms with E-state index in [1.54, 1.807) is 0 Å². The monoisotopic (exact) mass is 762 g/mol. The minimum Gasteiger partial charge on any atom is -0.0617 e. The van der Waals surface area contributed by atoms with Gasteiger partial charge < -0.3 is 0 Å². The van der Waals surface area contributed by atoms with Gasteiger partial charge in [-0.1, -0.05) is 158 Å². The largest absolute Gasteiger partial charge is 0.0617 e. The SMILES string of the molecule is c1cc2c3c(c1)CCc1cc(-c4c5ccccc5c(-c5c6ccccc6c(-c6cc7c8c(c6)CCc6cccc(c6-8)CC7)c6ccccc56)c5ccccc45)cc(c1-3)CC2. The predicted octanol–water partition coefficient (Wildman–Crippen LogP) is 15.0. The van der Waals surface area contributed by atoms with Crippen LogP contribution in [0.5, 0.6) is 0 Å². The van der Waals surface area contributed by atoms with Gasteiger partial charge in [-0.15, -0.1) is 0 Å². The lowest BCUT2D eigenvalue weighted by molar-refractivity contribution is 0.877. The van der Waals surface area contributed by atoms with Crippen molar-refractivity contribution >= 4 is 43.1 Å². The van der Waals surface area contributed by atoms with Crippen LogP contribution in [0.3, 0.4) is 0 Å². The van der Waals surface area contributed by atoms with E-state index in [4.69, 9.17) is 0 Å². The zero-order valence-electron chi connectivity index (χ0n) is 33.7. The van der Waals surface area contributed by atoms with Gasteiger partial charge in [0.2, 0.25) is 0 Å². The number of hydrogen-bond acceptors (Lipinski definition) is 0. The highest BCUT2D eigenvalue weighted by molar-refractivity contribution is 6.30. The summed E-state index contributed by atoms with van der Waals surface area (Å²) < 4.78 is 0. The van der Waals surface area contributed by atoms with Gasteiger partial charge in [0, 0.05) is 0 Å². The van der Waals surface area contributed by atoms with E-state index in [2.05, 4.69) is 158 Å². The number of hydrogen-bond donors (Lipinski definition) is 0. The van der Waals surface area contributed by atoms with Crippen molar-refractivity contribution in [3.8, 4) is 55.6 Å². The molecule has 10 aromatic rings. The predicted molar refractivity (Wildman–Crippen MR) is 253 cm³/mol. The first-order valence-corrected chi connectivity index (χ1v) is 22.2. The Labute approximate surface area is 350 Å². The van der Waals surface area contributed by atoms with Gasteiger partial charge in [-0.25, -0.2) is 0 Å². The highest BCUT2D eigenvalue weighted by Gasteiger charge is 2.30. The van der Waals surface area contributed by atoms with Gasteiger partial charge in [-0.3, -0.25) is 0 Å². The topological polar surface area (TPSA) is 0 Å². The van der Waals surface area contributed by atoms with Crippen molar-refractivity contribution < 1.29 is 0 Å². The third kappa shape index (κ3) is 4.52. The molecule has 0 aromatic heterocycles. The Kier molecular flexibility index (Phi) is 6.83. The summed E-state index contributed by atoms with van der Waals surface area (Å²) in [6.07, 6.45) is 8.90. The van der Waals surface area contributed by atoms with Gasteiger partial charge in [0.1, 0.15) is 0 Å². The maximum atomic E-state index is 2.56. The fourth-order valence-corrected chi connectivity index (χ4v) is 12.5. The molecule has 0 atom stereocenters. The molecule has 0 spiro atoms. The smallest absolute Gasteiger partial charge is 0.00139 e. The van der Waals surface area contributed by atoms with Crippen LogP contribution in [-0.4, -0.2) is 0 Å². The first kappa shape index (κ1) is 33.1. The fourth-order valence-electron chi connectivity index (χ4n) is 12.5. The van der Waals surface area contributed by atoms with Crippen LogP contribution >= 0.6 is 0 Å².